The van der Waals surface area contributed by atoms with E-state index in [1.165, 1.54) is 0 Å². The van der Waals surface area contributed by atoms with Gasteiger partial charge in [-0.15, -0.1) is 0 Å². The van der Waals surface area contributed by atoms with Crippen LogP contribution in [-0.2, 0) is 16.6 Å². The summed E-state index contributed by atoms with van der Waals surface area (Å²) in [6.45, 7) is 6.57. The number of hydrogen-bond donors (Lipinski definition) is 1. The summed E-state index contributed by atoms with van der Waals surface area (Å²) in [4.78, 5) is 25.8. The number of nitrogens with zero attached hydrogens (tertiary/aromatic N) is 3. The van der Waals surface area contributed by atoms with Crippen LogP contribution in [0.15, 0.2) is 12.4 Å². The van der Waals surface area contributed by atoms with Gasteiger partial charge < -0.3 is 15.0 Å². The first-order chi connectivity index (χ1) is 10.4. The van der Waals surface area contributed by atoms with Gasteiger partial charge in [0.25, 0.3) is 0 Å². The molecular weight excluding hydrogens is 284 g/mol. The molecule has 0 spiro atoms. The minimum absolute atomic E-state index is 0.124. The zero-order valence-corrected chi connectivity index (χ0v) is 13.6. The van der Waals surface area contributed by atoms with Gasteiger partial charge in [-0.1, -0.05) is 13.8 Å². The Morgan fingerprint density at radius 3 is 2.82 bits per heavy atom. The number of rotatable bonds is 5. The number of hydrogen-bond acceptors (Lipinski definition) is 4. The molecule has 2 amide bonds. The first-order valence-corrected chi connectivity index (χ1v) is 7.64. The van der Waals surface area contributed by atoms with Gasteiger partial charge >= 0.3 is 6.09 Å². The quantitative estimate of drug-likeness (QED) is 0.898. The predicted octanol–water partition coefficient (Wildman–Crippen LogP) is 1.69. The van der Waals surface area contributed by atoms with Crippen molar-refractivity contribution < 1.29 is 14.3 Å². The Kier molecular flexibility index (Phi) is 5.05. The summed E-state index contributed by atoms with van der Waals surface area (Å²) in [6, 6.07) is -0.529. The van der Waals surface area contributed by atoms with Crippen LogP contribution in [0, 0.1) is 5.92 Å². The van der Waals surface area contributed by atoms with Crippen molar-refractivity contribution in [1.29, 1.82) is 0 Å². The molecule has 1 aliphatic rings. The van der Waals surface area contributed by atoms with Crippen molar-refractivity contribution in [2.45, 2.75) is 45.8 Å². The van der Waals surface area contributed by atoms with E-state index in [0.29, 0.717) is 18.9 Å². The molecular formula is C15H24N4O3. The normalized spacial score (nSPS) is 19.6. The van der Waals surface area contributed by atoms with E-state index in [0.717, 1.165) is 12.1 Å². The monoisotopic (exact) mass is 308 g/mol. The molecule has 2 heterocycles. The Morgan fingerprint density at radius 1 is 1.50 bits per heavy atom. The van der Waals surface area contributed by atoms with Crippen molar-refractivity contribution in [2.24, 2.45) is 13.0 Å². The maximum atomic E-state index is 12.3. The summed E-state index contributed by atoms with van der Waals surface area (Å²) < 4.78 is 6.92. The molecule has 0 saturated carbocycles. The maximum absolute atomic E-state index is 12.3. The third-order valence-corrected chi connectivity index (χ3v) is 3.61. The van der Waals surface area contributed by atoms with Gasteiger partial charge in [0, 0.05) is 19.8 Å². The average Bonchev–Trinajstić information content (AvgIpc) is 2.96. The molecule has 1 aliphatic heterocycles. The Morgan fingerprint density at radius 2 is 2.23 bits per heavy atom. The van der Waals surface area contributed by atoms with Gasteiger partial charge in [-0.3, -0.25) is 9.48 Å². The van der Waals surface area contributed by atoms with Crippen LogP contribution >= 0.6 is 0 Å². The Bertz CT molecular complexity index is 541. The van der Waals surface area contributed by atoms with Crippen LogP contribution in [0.2, 0.25) is 0 Å². The van der Waals surface area contributed by atoms with E-state index in [2.05, 4.69) is 24.3 Å². The molecule has 0 radical (unpaired) electrons. The molecule has 1 saturated heterocycles. The number of alkyl carbamates (subject to hydrolysis) is 1. The Hall–Kier alpha value is -2.05. The van der Waals surface area contributed by atoms with Crippen LogP contribution in [0.5, 0.6) is 0 Å². The number of carbonyl (C=O) groups is 2. The highest BCUT2D eigenvalue weighted by atomic mass is 16.6. The number of ether oxygens (including phenoxy) is 1. The molecule has 1 aromatic heterocycles. The second-order valence-corrected chi connectivity index (χ2v) is 6.19. The highest BCUT2D eigenvalue weighted by molar-refractivity contribution is 6.00. The molecule has 0 aliphatic carbocycles. The fourth-order valence-corrected chi connectivity index (χ4v) is 2.69. The number of aryl methyl sites for hydroxylation is 1. The van der Waals surface area contributed by atoms with Crippen LogP contribution in [0.1, 0.15) is 33.6 Å². The third kappa shape index (κ3) is 3.99. The smallest absolute Gasteiger partial charge is 0.408 e. The van der Waals surface area contributed by atoms with E-state index < -0.39 is 12.1 Å². The molecule has 0 aromatic carbocycles. The van der Waals surface area contributed by atoms with Crippen molar-refractivity contribution in [2.75, 3.05) is 11.4 Å². The summed E-state index contributed by atoms with van der Waals surface area (Å²) in [7, 11) is 1.80. The maximum Gasteiger partial charge on any atom is 0.408 e. The number of nitrogens with one attached hydrogen (secondary N) is 1. The Balaban J connectivity index is 1.86. The van der Waals surface area contributed by atoms with E-state index in [4.69, 9.17) is 4.74 Å². The summed E-state index contributed by atoms with van der Waals surface area (Å²) in [6.07, 6.45) is 4.10. The van der Waals surface area contributed by atoms with Crippen molar-refractivity contribution in [3.05, 3.63) is 12.4 Å². The van der Waals surface area contributed by atoms with E-state index >= 15 is 0 Å². The molecule has 7 heteroatoms. The van der Waals surface area contributed by atoms with Gasteiger partial charge in [-0.05, 0) is 25.7 Å². The van der Waals surface area contributed by atoms with Crippen LogP contribution in [-0.4, -0.2) is 40.5 Å². The molecule has 1 fully saturated rings. The molecule has 0 bridgehead atoms. The summed E-state index contributed by atoms with van der Waals surface area (Å²) in [5.74, 6) is 0.332. The molecule has 1 aromatic rings. The summed E-state index contributed by atoms with van der Waals surface area (Å²) >= 11 is 0. The highest BCUT2D eigenvalue weighted by Gasteiger charge is 2.34. The molecule has 22 heavy (non-hydrogen) atoms. The van der Waals surface area contributed by atoms with Crippen molar-refractivity contribution in [1.82, 2.24) is 15.1 Å². The topological polar surface area (TPSA) is 76.5 Å². The zero-order chi connectivity index (χ0) is 16.3. The molecule has 2 atom stereocenters. The number of anilines is 1. The van der Waals surface area contributed by atoms with Gasteiger partial charge in [0.1, 0.15) is 12.1 Å². The number of carbonyl (C=O) groups excluding carboxylic acids is 2. The largest absolute Gasteiger partial charge is 0.447 e. The van der Waals surface area contributed by atoms with Crippen LogP contribution in [0.25, 0.3) is 0 Å². The van der Waals surface area contributed by atoms with E-state index in [-0.39, 0.29) is 12.0 Å². The van der Waals surface area contributed by atoms with Gasteiger partial charge in [0.2, 0.25) is 5.91 Å². The first kappa shape index (κ1) is 16.3. The van der Waals surface area contributed by atoms with Gasteiger partial charge in [0.05, 0.1) is 11.9 Å². The predicted molar refractivity (Wildman–Crippen MR) is 82.5 cm³/mol. The number of amides is 2. The molecule has 2 rings (SSSR count). The van der Waals surface area contributed by atoms with Gasteiger partial charge in [0.15, 0.2) is 0 Å². The molecule has 7 nitrogen and oxygen atoms in total. The molecule has 0 unspecified atom stereocenters. The Labute approximate surface area is 130 Å². The van der Waals surface area contributed by atoms with Crippen LogP contribution in [0.3, 0.4) is 0 Å². The van der Waals surface area contributed by atoms with Gasteiger partial charge in [-0.2, -0.15) is 5.10 Å². The lowest BCUT2D eigenvalue weighted by molar-refractivity contribution is -0.118. The second-order valence-electron chi connectivity index (χ2n) is 6.19. The van der Waals surface area contributed by atoms with Crippen LogP contribution < -0.4 is 10.2 Å². The summed E-state index contributed by atoms with van der Waals surface area (Å²) in [5.41, 5.74) is 0.748. The van der Waals surface area contributed by atoms with Crippen molar-refractivity contribution >= 4 is 17.7 Å². The molecule has 1 N–H and O–H groups in total. The van der Waals surface area contributed by atoms with E-state index in [9.17, 15) is 9.59 Å². The van der Waals surface area contributed by atoms with Crippen molar-refractivity contribution in [3.8, 4) is 0 Å². The minimum Gasteiger partial charge on any atom is -0.447 e. The first-order valence-electron chi connectivity index (χ1n) is 7.64. The lowest BCUT2D eigenvalue weighted by Crippen LogP contribution is -2.42. The summed E-state index contributed by atoms with van der Waals surface area (Å²) in [5, 5.41) is 6.72. The highest BCUT2D eigenvalue weighted by Crippen LogP contribution is 2.20. The van der Waals surface area contributed by atoms with Gasteiger partial charge in [-0.25, -0.2) is 4.79 Å². The standard InChI is InChI=1S/C15H24N4O3/c1-10(2)7-11(3)22-15(21)17-13-5-6-19(14(13)20)12-8-16-18(4)9-12/h8-11,13H,5-7H2,1-4H3,(H,17,21)/t11-,13+/m0/s1. The SMILES string of the molecule is CC(C)C[C@H](C)OC(=O)N[C@@H]1CCN(c2cnn(C)c2)C1=O. The lowest BCUT2D eigenvalue weighted by Gasteiger charge is -2.18. The fraction of sp³-hybridized carbons (Fsp3) is 0.667. The van der Waals surface area contributed by atoms with Crippen molar-refractivity contribution in [3.63, 3.8) is 0 Å². The van der Waals surface area contributed by atoms with Crippen LogP contribution in [0.4, 0.5) is 10.5 Å². The van der Waals surface area contributed by atoms with E-state index in [1.807, 2.05) is 6.92 Å². The molecule has 122 valence electrons. The second kappa shape index (κ2) is 6.81. The average molecular weight is 308 g/mol. The fourth-order valence-electron chi connectivity index (χ4n) is 2.69. The lowest BCUT2D eigenvalue weighted by atomic mass is 10.1. The van der Waals surface area contributed by atoms with E-state index in [1.54, 1.807) is 29.0 Å². The minimum atomic E-state index is -0.529. The third-order valence-electron chi connectivity index (χ3n) is 3.61. The zero-order valence-electron chi connectivity index (χ0n) is 13.6. The number of aromatic nitrogens is 2.